The van der Waals surface area contributed by atoms with E-state index in [-0.39, 0.29) is 23.0 Å². The third-order valence-corrected chi connectivity index (χ3v) is 6.77. The Hall–Kier alpha value is -1.22. The van der Waals surface area contributed by atoms with E-state index in [0.29, 0.717) is 17.8 Å². The fourth-order valence-corrected chi connectivity index (χ4v) is 5.57. The Morgan fingerprint density at radius 1 is 1.05 bits per heavy atom. The van der Waals surface area contributed by atoms with Crippen LogP contribution in [-0.2, 0) is 6.42 Å². The summed E-state index contributed by atoms with van der Waals surface area (Å²) in [7, 11) is 0. The number of aliphatic hydroxyl groups excluding tert-OH is 1. The van der Waals surface area contributed by atoms with Gasteiger partial charge in [0.25, 0.3) is 0 Å². The maximum atomic E-state index is 10.4. The summed E-state index contributed by atoms with van der Waals surface area (Å²) < 4.78 is 0. The van der Waals surface area contributed by atoms with Gasteiger partial charge >= 0.3 is 0 Å². The summed E-state index contributed by atoms with van der Waals surface area (Å²) in [6, 6.07) is 3.54. The second-order valence-electron chi connectivity index (χ2n) is 7.59. The fraction of sp³-hybridized carbons (Fsp3) is 0.667. The van der Waals surface area contributed by atoms with E-state index in [9.17, 15) is 15.3 Å². The minimum atomic E-state index is -0.141. The molecule has 0 amide bonds. The predicted octanol–water partition coefficient (Wildman–Crippen LogP) is 3.31. The summed E-state index contributed by atoms with van der Waals surface area (Å²) in [5.74, 6) is 1.73. The number of aromatic hydroxyl groups is 2. The summed E-state index contributed by atoms with van der Waals surface area (Å²) in [4.78, 5) is 0. The van der Waals surface area contributed by atoms with Crippen LogP contribution in [0.15, 0.2) is 12.1 Å². The smallest absolute Gasteiger partial charge is 0.157 e. The molecule has 0 aromatic heterocycles. The van der Waals surface area contributed by atoms with Gasteiger partial charge in [-0.2, -0.15) is 0 Å². The number of fused-ring (bicyclic) bond motifs is 5. The van der Waals surface area contributed by atoms with Gasteiger partial charge in [0.1, 0.15) is 0 Å². The van der Waals surface area contributed by atoms with Gasteiger partial charge in [0.2, 0.25) is 0 Å². The van der Waals surface area contributed by atoms with Crippen molar-refractivity contribution in [2.24, 2.45) is 17.3 Å². The molecule has 2 fully saturated rings. The third-order valence-electron chi connectivity index (χ3n) is 6.77. The minimum Gasteiger partial charge on any atom is -0.504 e. The molecule has 114 valence electrons. The molecular weight excluding hydrogens is 264 g/mol. The zero-order chi connectivity index (χ0) is 14.8. The van der Waals surface area contributed by atoms with Crippen LogP contribution < -0.4 is 0 Å². The first-order valence-electron chi connectivity index (χ1n) is 8.23. The molecular formula is C18H24O3. The van der Waals surface area contributed by atoms with E-state index < -0.39 is 0 Å². The summed E-state index contributed by atoms with van der Waals surface area (Å²) in [5.41, 5.74) is 2.54. The molecule has 3 heteroatoms. The molecule has 2 saturated carbocycles. The van der Waals surface area contributed by atoms with Crippen molar-refractivity contribution in [1.29, 1.82) is 0 Å². The molecule has 3 aliphatic rings. The highest BCUT2D eigenvalue weighted by Crippen LogP contribution is 2.61. The molecule has 0 aliphatic heterocycles. The fourth-order valence-electron chi connectivity index (χ4n) is 5.57. The summed E-state index contributed by atoms with van der Waals surface area (Å²) in [6.45, 7) is 2.27. The molecule has 0 spiro atoms. The Bertz CT molecular complexity index is 582. The Labute approximate surface area is 125 Å². The normalized spacial score (nSPS) is 41.2. The van der Waals surface area contributed by atoms with Crippen LogP contribution in [0.1, 0.15) is 56.1 Å². The zero-order valence-corrected chi connectivity index (χ0v) is 12.5. The van der Waals surface area contributed by atoms with E-state index in [4.69, 9.17) is 0 Å². The minimum absolute atomic E-state index is 0.00383. The van der Waals surface area contributed by atoms with Gasteiger partial charge < -0.3 is 15.3 Å². The number of phenolic OH excluding ortho intramolecular Hbond substituents is 2. The highest BCUT2D eigenvalue weighted by atomic mass is 16.3. The van der Waals surface area contributed by atoms with Gasteiger partial charge in [0.05, 0.1) is 6.10 Å². The van der Waals surface area contributed by atoms with E-state index in [0.717, 1.165) is 38.5 Å². The number of phenols is 2. The highest BCUT2D eigenvalue weighted by molar-refractivity contribution is 5.48. The topological polar surface area (TPSA) is 60.7 Å². The first-order chi connectivity index (χ1) is 10.0. The second-order valence-corrected chi connectivity index (χ2v) is 7.59. The Kier molecular flexibility index (Phi) is 2.81. The van der Waals surface area contributed by atoms with Crippen molar-refractivity contribution in [3.8, 4) is 11.5 Å². The molecule has 0 radical (unpaired) electrons. The molecule has 5 atom stereocenters. The van der Waals surface area contributed by atoms with Crippen LogP contribution in [-0.4, -0.2) is 21.4 Å². The summed E-state index contributed by atoms with van der Waals surface area (Å²) in [6.07, 6.45) is 6.23. The third kappa shape index (κ3) is 1.76. The maximum absolute atomic E-state index is 10.4. The number of aliphatic hydroxyl groups is 1. The summed E-state index contributed by atoms with van der Waals surface area (Å²) in [5, 5.41) is 29.9. The average Bonchev–Trinajstić information content (AvgIpc) is 2.76. The quantitative estimate of drug-likeness (QED) is 0.642. The molecule has 3 N–H and O–H groups in total. The standard InChI is InChI=1S/C18H24O3/c1-18-7-6-11-12(14(18)4-5-17(18)21)3-2-10-8-15(19)16(20)9-13(10)11/h8-9,11-12,14,17,19-21H,2-7H2,1H3/t11-,12+,14-,17?,18-/m0/s1. The van der Waals surface area contributed by atoms with Crippen LogP contribution in [0.2, 0.25) is 0 Å². The largest absolute Gasteiger partial charge is 0.504 e. The number of hydrogen-bond acceptors (Lipinski definition) is 3. The molecule has 3 aliphatic carbocycles. The van der Waals surface area contributed by atoms with Gasteiger partial charge in [0, 0.05) is 0 Å². The highest BCUT2D eigenvalue weighted by Gasteiger charge is 2.54. The molecule has 3 nitrogen and oxygen atoms in total. The van der Waals surface area contributed by atoms with Crippen LogP contribution in [0.4, 0.5) is 0 Å². The number of aryl methyl sites for hydroxylation is 1. The van der Waals surface area contributed by atoms with Crippen LogP contribution in [0, 0.1) is 17.3 Å². The maximum Gasteiger partial charge on any atom is 0.157 e. The first kappa shape index (κ1) is 13.4. The summed E-state index contributed by atoms with van der Waals surface area (Å²) >= 11 is 0. The molecule has 0 bridgehead atoms. The molecule has 0 heterocycles. The number of benzene rings is 1. The predicted molar refractivity (Wildman–Crippen MR) is 80.4 cm³/mol. The molecule has 1 unspecified atom stereocenters. The van der Waals surface area contributed by atoms with Crippen molar-refractivity contribution < 1.29 is 15.3 Å². The van der Waals surface area contributed by atoms with E-state index in [1.54, 1.807) is 12.1 Å². The van der Waals surface area contributed by atoms with E-state index in [1.807, 2.05) is 0 Å². The Morgan fingerprint density at radius 3 is 2.62 bits per heavy atom. The number of hydrogen-bond donors (Lipinski definition) is 3. The SMILES string of the molecule is C[C@]12CC[C@@H]3c4cc(O)c(O)cc4CC[C@H]3[C@@H]1CCC2O. The van der Waals surface area contributed by atoms with Crippen molar-refractivity contribution >= 4 is 0 Å². The van der Waals surface area contributed by atoms with Gasteiger partial charge in [-0.25, -0.2) is 0 Å². The second kappa shape index (κ2) is 4.39. The van der Waals surface area contributed by atoms with E-state index in [1.165, 1.54) is 11.1 Å². The lowest BCUT2D eigenvalue weighted by Crippen LogP contribution is -2.43. The number of rotatable bonds is 0. The molecule has 0 saturated heterocycles. The van der Waals surface area contributed by atoms with Crippen molar-refractivity contribution in [2.45, 2.75) is 57.5 Å². The molecule has 1 aromatic rings. The van der Waals surface area contributed by atoms with Crippen molar-refractivity contribution in [1.82, 2.24) is 0 Å². The monoisotopic (exact) mass is 288 g/mol. The molecule has 4 rings (SSSR count). The van der Waals surface area contributed by atoms with Gasteiger partial charge in [-0.15, -0.1) is 0 Å². The van der Waals surface area contributed by atoms with E-state index >= 15 is 0 Å². The van der Waals surface area contributed by atoms with Crippen LogP contribution >= 0.6 is 0 Å². The van der Waals surface area contributed by atoms with Gasteiger partial charge in [0.15, 0.2) is 11.5 Å². The Morgan fingerprint density at radius 2 is 1.81 bits per heavy atom. The van der Waals surface area contributed by atoms with Crippen molar-refractivity contribution in [3.05, 3.63) is 23.3 Å². The zero-order valence-electron chi connectivity index (χ0n) is 12.5. The van der Waals surface area contributed by atoms with Crippen LogP contribution in [0.3, 0.4) is 0 Å². The van der Waals surface area contributed by atoms with Crippen LogP contribution in [0.25, 0.3) is 0 Å². The van der Waals surface area contributed by atoms with Crippen LogP contribution in [0.5, 0.6) is 11.5 Å². The average molecular weight is 288 g/mol. The first-order valence-corrected chi connectivity index (χ1v) is 8.23. The van der Waals surface area contributed by atoms with Crippen molar-refractivity contribution in [3.63, 3.8) is 0 Å². The molecule has 21 heavy (non-hydrogen) atoms. The Balaban J connectivity index is 1.73. The lowest BCUT2D eigenvalue weighted by Gasteiger charge is -2.50. The van der Waals surface area contributed by atoms with Crippen molar-refractivity contribution in [2.75, 3.05) is 0 Å². The lowest BCUT2D eigenvalue weighted by atomic mass is 9.55. The van der Waals surface area contributed by atoms with Gasteiger partial charge in [-0.05, 0) is 85.0 Å². The molecule has 1 aromatic carbocycles. The van der Waals surface area contributed by atoms with E-state index in [2.05, 4.69) is 6.92 Å². The lowest BCUT2D eigenvalue weighted by molar-refractivity contribution is -0.0226. The van der Waals surface area contributed by atoms with Gasteiger partial charge in [-0.1, -0.05) is 6.92 Å². The van der Waals surface area contributed by atoms with Gasteiger partial charge in [-0.3, -0.25) is 0 Å².